The van der Waals surface area contributed by atoms with Gasteiger partial charge in [-0.2, -0.15) is 0 Å². The predicted octanol–water partition coefficient (Wildman–Crippen LogP) is 3.40. The first kappa shape index (κ1) is 23.7. The fraction of sp³-hybridized carbons (Fsp3) is 0.292. The Hall–Kier alpha value is -3.43. The summed E-state index contributed by atoms with van der Waals surface area (Å²) < 4.78 is 16.3. The van der Waals surface area contributed by atoms with Gasteiger partial charge >= 0.3 is 0 Å². The normalized spacial score (nSPS) is 13.9. The molecular weight excluding hydrogens is 461 g/mol. The topological polar surface area (TPSA) is 99.5 Å². The van der Waals surface area contributed by atoms with Crippen LogP contribution in [-0.4, -0.2) is 46.8 Å². The molecule has 2 aromatic heterocycles. The second kappa shape index (κ2) is 9.82. The molecule has 34 heavy (non-hydrogen) atoms. The van der Waals surface area contributed by atoms with Gasteiger partial charge < -0.3 is 20.6 Å². The van der Waals surface area contributed by atoms with Crippen LogP contribution < -0.4 is 21.1 Å². The van der Waals surface area contributed by atoms with E-state index in [4.69, 9.17) is 11.6 Å². The van der Waals surface area contributed by atoms with Crippen molar-refractivity contribution in [3.8, 4) is 11.1 Å². The van der Waals surface area contributed by atoms with Gasteiger partial charge in [-0.15, -0.1) is 0 Å². The molecule has 4 rings (SSSR count). The maximum atomic E-state index is 14.7. The molecule has 8 nitrogen and oxygen atoms in total. The van der Waals surface area contributed by atoms with E-state index in [0.717, 1.165) is 13.0 Å². The van der Waals surface area contributed by atoms with E-state index in [0.29, 0.717) is 28.8 Å². The van der Waals surface area contributed by atoms with Crippen molar-refractivity contribution in [1.82, 2.24) is 14.9 Å². The molecule has 1 amide bonds. The summed E-state index contributed by atoms with van der Waals surface area (Å²) in [6, 6.07) is 6.88. The van der Waals surface area contributed by atoms with Crippen LogP contribution >= 0.6 is 11.6 Å². The third kappa shape index (κ3) is 4.62. The Balaban J connectivity index is 1.86. The van der Waals surface area contributed by atoms with E-state index in [1.807, 2.05) is 11.9 Å². The molecule has 0 saturated heterocycles. The van der Waals surface area contributed by atoms with Crippen molar-refractivity contribution in [2.75, 3.05) is 30.4 Å². The third-order valence-electron chi connectivity index (χ3n) is 5.70. The number of nitrogens with zero attached hydrogens (tertiary/aromatic N) is 3. The second-order valence-electron chi connectivity index (χ2n) is 8.25. The summed E-state index contributed by atoms with van der Waals surface area (Å²) in [6.45, 7) is 2.68. The quantitative estimate of drug-likeness (QED) is 0.495. The number of anilines is 3. The minimum absolute atomic E-state index is 0.105. The van der Waals surface area contributed by atoms with E-state index in [2.05, 4.69) is 15.6 Å². The molecule has 3 heterocycles. The van der Waals surface area contributed by atoms with Crippen LogP contribution in [0.15, 0.2) is 47.5 Å². The predicted molar refractivity (Wildman–Crippen MR) is 131 cm³/mol. The molecule has 3 N–H and O–H groups in total. The number of hydrogen-bond acceptors (Lipinski definition) is 6. The first-order chi connectivity index (χ1) is 16.3. The minimum atomic E-state index is -0.556. The number of aliphatic hydroxyl groups is 1. The highest BCUT2D eigenvalue weighted by molar-refractivity contribution is 6.30. The molecule has 1 aromatic carbocycles. The molecule has 1 aliphatic rings. The van der Waals surface area contributed by atoms with Crippen LogP contribution in [0.4, 0.5) is 21.6 Å². The van der Waals surface area contributed by atoms with Crippen molar-refractivity contribution in [2.45, 2.75) is 25.9 Å². The van der Waals surface area contributed by atoms with Crippen molar-refractivity contribution in [3.05, 3.63) is 69.5 Å². The molecule has 0 fully saturated rings. The smallest absolute Gasteiger partial charge is 0.260 e. The Morgan fingerprint density at radius 3 is 2.79 bits per heavy atom. The zero-order chi connectivity index (χ0) is 24.4. The number of aromatic nitrogens is 2. The lowest BCUT2D eigenvalue weighted by atomic mass is 10.0. The monoisotopic (exact) mass is 485 g/mol. The maximum absolute atomic E-state index is 14.7. The van der Waals surface area contributed by atoms with Gasteiger partial charge in [-0.3, -0.25) is 19.1 Å². The SMILES string of the molecule is CC(CO)NC(=O)c1cnccc1Nc1cc(-c2cc(Cl)ccc2F)c(=O)n2c1N(C)CCC2. The number of amides is 1. The zero-order valence-electron chi connectivity index (χ0n) is 18.8. The number of hydrogen-bond donors (Lipinski definition) is 3. The molecule has 10 heteroatoms. The van der Waals surface area contributed by atoms with Gasteiger partial charge in [0.1, 0.15) is 11.6 Å². The Morgan fingerprint density at radius 1 is 1.24 bits per heavy atom. The molecule has 0 aliphatic carbocycles. The van der Waals surface area contributed by atoms with Gasteiger partial charge in [-0.1, -0.05) is 11.6 Å². The average molecular weight is 486 g/mol. The molecule has 1 unspecified atom stereocenters. The van der Waals surface area contributed by atoms with E-state index < -0.39 is 17.8 Å². The number of halogens is 2. The van der Waals surface area contributed by atoms with E-state index in [1.165, 1.54) is 30.6 Å². The van der Waals surface area contributed by atoms with Gasteiger partial charge in [0.25, 0.3) is 11.5 Å². The van der Waals surface area contributed by atoms with Crippen LogP contribution in [0, 0.1) is 5.82 Å². The first-order valence-corrected chi connectivity index (χ1v) is 11.2. The van der Waals surface area contributed by atoms with Gasteiger partial charge in [0.2, 0.25) is 0 Å². The molecule has 0 bridgehead atoms. The van der Waals surface area contributed by atoms with E-state index in [-0.39, 0.29) is 28.9 Å². The second-order valence-corrected chi connectivity index (χ2v) is 8.69. The van der Waals surface area contributed by atoms with Crippen LogP contribution in [-0.2, 0) is 6.54 Å². The van der Waals surface area contributed by atoms with Crippen molar-refractivity contribution < 1.29 is 14.3 Å². The van der Waals surface area contributed by atoms with Gasteiger partial charge in [0.15, 0.2) is 0 Å². The summed E-state index contributed by atoms with van der Waals surface area (Å²) in [5.41, 5.74) is 1.20. The minimum Gasteiger partial charge on any atom is -0.394 e. The summed E-state index contributed by atoms with van der Waals surface area (Å²) in [5.74, 6) is -0.331. The molecular formula is C24H25ClFN5O3. The Morgan fingerprint density at radius 2 is 2.03 bits per heavy atom. The van der Waals surface area contributed by atoms with E-state index in [9.17, 15) is 19.1 Å². The lowest BCUT2D eigenvalue weighted by Crippen LogP contribution is -2.37. The number of aliphatic hydroxyl groups excluding tert-OH is 1. The summed E-state index contributed by atoms with van der Waals surface area (Å²) >= 11 is 6.10. The molecule has 3 aromatic rings. The molecule has 1 atom stereocenters. The van der Waals surface area contributed by atoms with Crippen molar-refractivity contribution >= 4 is 34.7 Å². The van der Waals surface area contributed by atoms with Gasteiger partial charge in [-0.25, -0.2) is 4.39 Å². The standard InChI is InChI=1S/C24H25ClFN5O3/c1-14(13-32)28-22(33)18-12-27-7-6-20(18)29-21-11-17(16-10-15(25)4-5-19(16)26)24(34)31-9-3-8-30(2)23(21)31/h4-7,10-12,14,32H,3,8-9,13H2,1-2H3,(H,27,29)(H,28,33). The van der Waals surface area contributed by atoms with Gasteiger partial charge in [-0.05, 0) is 43.7 Å². The third-order valence-corrected chi connectivity index (χ3v) is 5.94. The van der Waals surface area contributed by atoms with Gasteiger partial charge in [0.05, 0.1) is 29.1 Å². The number of carbonyl (C=O) groups is 1. The highest BCUT2D eigenvalue weighted by atomic mass is 35.5. The number of pyridine rings is 2. The lowest BCUT2D eigenvalue weighted by Gasteiger charge is -2.32. The zero-order valence-corrected chi connectivity index (χ0v) is 19.6. The van der Waals surface area contributed by atoms with Crippen LogP contribution in [0.1, 0.15) is 23.7 Å². The highest BCUT2D eigenvalue weighted by Crippen LogP contribution is 2.35. The Kier molecular flexibility index (Phi) is 6.85. The fourth-order valence-electron chi connectivity index (χ4n) is 4.01. The van der Waals surface area contributed by atoms with Crippen molar-refractivity contribution in [2.24, 2.45) is 0 Å². The Labute approximate surface area is 201 Å². The van der Waals surface area contributed by atoms with Gasteiger partial charge in [0, 0.05) is 49.2 Å². The summed E-state index contributed by atoms with van der Waals surface area (Å²) in [5, 5.41) is 15.6. The number of rotatable bonds is 6. The first-order valence-electron chi connectivity index (χ1n) is 10.9. The number of benzene rings is 1. The molecule has 178 valence electrons. The molecule has 1 aliphatic heterocycles. The Bertz CT molecular complexity index is 1300. The van der Waals surface area contributed by atoms with Crippen LogP contribution in [0.2, 0.25) is 5.02 Å². The highest BCUT2D eigenvalue weighted by Gasteiger charge is 2.24. The van der Waals surface area contributed by atoms with Crippen molar-refractivity contribution in [1.29, 1.82) is 0 Å². The number of fused-ring (bicyclic) bond motifs is 1. The number of carbonyl (C=O) groups excluding carboxylic acids is 1. The molecule has 0 spiro atoms. The summed E-state index contributed by atoms with van der Waals surface area (Å²) in [6.07, 6.45) is 3.72. The summed E-state index contributed by atoms with van der Waals surface area (Å²) in [7, 11) is 1.87. The van der Waals surface area contributed by atoms with Crippen LogP contribution in [0.5, 0.6) is 0 Å². The maximum Gasteiger partial charge on any atom is 0.260 e. The number of nitrogens with one attached hydrogen (secondary N) is 2. The largest absolute Gasteiger partial charge is 0.394 e. The van der Waals surface area contributed by atoms with Crippen LogP contribution in [0.25, 0.3) is 11.1 Å². The fourth-order valence-corrected chi connectivity index (χ4v) is 4.19. The molecule has 0 saturated carbocycles. The molecule has 0 radical (unpaired) electrons. The van der Waals surface area contributed by atoms with Crippen LogP contribution in [0.3, 0.4) is 0 Å². The summed E-state index contributed by atoms with van der Waals surface area (Å²) in [4.78, 5) is 32.1. The lowest BCUT2D eigenvalue weighted by molar-refractivity contribution is 0.0923. The van der Waals surface area contributed by atoms with E-state index >= 15 is 0 Å². The average Bonchev–Trinajstić information content (AvgIpc) is 2.82. The van der Waals surface area contributed by atoms with Crippen molar-refractivity contribution in [3.63, 3.8) is 0 Å². The van der Waals surface area contributed by atoms with E-state index in [1.54, 1.807) is 23.6 Å².